The van der Waals surface area contributed by atoms with Crippen LogP contribution in [0.4, 0.5) is 10.1 Å². The van der Waals surface area contributed by atoms with Crippen LogP contribution >= 0.6 is 15.9 Å². The van der Waals surface area contributed by atoms with Gasteiger partial charge in [0.2, 0.25) is 10.0 Å². The Morgan fingerprint density at radius 2 is 2.16 bits per heavy atom. The second-order valence-electron chi connectivity index (χ2n) is 3.76. The molecule has 19 heavy (non-hydrogen) atoms. The second kappa shape index (κ2) is 5.32. The number of sulfonamides is 1. The third kappa shape index (κ3) is 3.14. The van der Waals surface area contributed by atoms with Crippen LogP contribution < -0.4 is 10.5 Å². The van der Waals surface area contributed by atoms with Gasteiger partial charge in [0.1, 0.15) is 10.7 Å². The summed E-state index contributed by atoms with van der Waals surface area (Å²) < 4.78 is 44.5. The fourth-order valence-corrected chi connectivity index (χ4v) is 3.08. The average Bonchev–Trinajstić information content (AvgIpc) is 2.84. The van der Waals surface area contributed by atoms with E-state index < -0.39 is 15.8 Å². The molecule has 102 valence electrons. The highest BCUT2D eigenvalue weighted by molar-refractivity contribution is 9.10. The van der Waals surface area contributed by atoms with Crippen molar-refractivity contribution in [2.45, 2.75) is 11.4 Å². The zero-order valence-corrected chi connectivity index (χ0v) is 12.0. The molecule has 0 radical (unpaired) electrons. The van der Waals surface area contributed by atoms with E-state index >= 15 is 0 Å². The molecule has 0 aliphatic heterocycles. The Morgan fingerprint density at radius 1 is 1.42 bits per heavy atom. The minimum absolute atomic E-state index is 0.0328. The molecule has 0 aliphatic rings. The van der Waals surface area contributed by atoms with Crippen molar-refractivity contribution >= 4 is 31.6 Å². The molecule has 8 heteroatoms. The number of anilines is 1. The van der Waals surface area contributed by atoms with Gasteiger partial charge >= 0.3 is 0 Å². The van der Waals surface area contributed by atoms with E-state index in [1.54, 1.807) is 6.07 Å². The highest BCUT2D eigenvalue weighted by Gasteiger charge is 2.19. The summed E-state index contributed by atoms with van der Waals surface area (Å²) in [5, 5.41) is 0. The third-order valence-corrected chi connectivity index (χ3v) is 4.45. The summed E-state index contributed by atoms with van der Waals surface area (Å²) in [7, 11) is -3.82. The number of rotatable bonds is 4. The Bertz CT molecular complexity index is 686. The molecule has 0 unspecified atom stereocenters. The van der Waals surface area contributed by atoms with Gasteiger partial charge in [0.25, 0.3) is 0 Å². The van der Waals surface area contributed by atoms with Crippen molar-refractivity contribution in [1.29, 1.82) is 0 Å². The predicted octanol–water partition coefficient (Wildman–Crippen LogP) is 2.24. The number of hydrogen-bond donors (Lipinski definition) is 2. The molecule has 5 nitrogen and oxygen atoms in total. The van der Waals surface area contributed by atoms with Crippen molar-refractivity contribution in [2.75, 3.05) is 5.73 Å². The van der Waals surface area contributed by atoms with Gasteiger partial charge in [-0.15, -0.1) is 0 Å². The van der Waals surface area contributed by atoms with Crippen molar-refractivity contribution in [1.82, 2.24) is 4.72 Å². The van der Waals surface area contributed by atoms with Crippen LogP contribution in [0.2, 0.25) is 0 Å². The molecule has 2 aromatic rings. The zero-order valence-electron chi connectivity index (χ0n) is 9.56. The smallest absolute Gasteiger partial charge is 0.242 e. The molecule has 0 saturated carbocycles. The highest BCUT2D eigenvalue weighted by Crippen LogP contribution is 2.26. The third-order valence-electron chi connectivity index (χ3n) is 2.39. The Kier molecular flexibility index (Phi) is 3.93. The molecule has 1 heterocycles. The topological polar surface area (TPSA) is 85.3 Å². The van der Waals surface area contributed by atoms with Crippen LogP contribution in [-0.4, -0.2) is 8.42 Å². The van der Waals surface area contributed by atoms with Gasteiger partial charge in [-0.3, -0.25) is 0 Å². The molecule has 2 rings (SSSR count). The Balaban J connectivity index is 2.27. The summed E-state index contributed by atoms with van der Waals surface area (Å²) in [5.74, 6) is -0.619. The molecule has 1 aromatic heterocycles. The predicted molar refractivity (Wildman–Crippen MR) is 71.2 cm³/mol. The highest BCUT2D eigenvalue weighted by atomic mass is 79.9. The van der Waals surface area contributed by atoms with Gasteiger partial charge in [-0.05, 0) is 34.1 Å². The number of nitrogens with one attached hydrogen (secondary N) is 1. The first-order chi connectivity index (χ1) is 8.90. The lowest BCUT2D eigenvalue weighted by Crippen LogP contribution is -2.24. The van der Waals surface area contributed by atoms with E-state index in [1.807, 2.05) is 0 Å². The van der Waals surface area contributed by atoms with E-state index in [0.717, 1.165) is 12.1 Å². The first-order valence-corrected chi connectivity index (χ1v) is 7.43. The van der Waals surface area contributed by atoms with Crippen LogP contribution in [0.1, 0.15) is 5.56 Å². The molecule has 0 amide bonds. The van der Waals surface area contributed by atoms with Crippen molar-refractivity contribution in [3.05, 3.63) is 46.6 Å². The maximum absolute atomic E-state index is 13.2. The maximum atomic E-state index is 13.2. The SMILES string of the molecule is Nc1cc(F)c(Br)cc1S(=O)(=O)NCc1ccoc1. The van der Waals surface area contributed by atoms with Crippen molar-refractivity contribution in [3.63, 3.8) is 0 Å². The lowest BCUT2D eigenvalue weighted by molar-refractivity contribution is 0.561. The fourth-order valence-electron chi connectivity index (χ4n) is 1.43. The molecule has 0 aliphatic carbocycles. The van der Waals surface area contributed by atoms with Crippen LogP contribution in [0, 0.1) is 5.82 Å². The lowest BCUT2D eigenvalue weighted by Gasteiger charge is -2.09. The zero-order chi connectivity index (χ0) is 14.0. The minimum Gasteiger partial charge on any atom is -0.472 e. The molecular weight excluding hydrogens is 339 g/mol. The number of halogens is 2. The van der Waals surface area contributed by atoms with Gasteiger partial charge in [-0.25, -0.2) is 17.5 Å². The van der Waals surface area contributed by atoms with Crippen LogP contribution in [0.15, 0.2) is 44.5 Å². The summed E-state index contributed by atoms with van der Waals surface area (Å²) >= 11 is 2.92. The van der Waals surface area contributed by atoms with Crippen LogP contribution in [0.3, 0.4) is 0 Å². The second-order valence-corrected chi connectivity index (χ2v) is 6.35. The van der Waals surface area contributed by atoms with E-state index in [4.69, 9.17) is 10.2 Å². The van der Waals surface area contributed by atoms with Gasteiger partial charge in [-0.2, -0.15) is 0 Å². The number of hydrogen-bond acceptors (Lipinski definition) is 4. The molecule has 0 spiro atoms. The Labute approximate surface area is 117 Å². The van der Waals surface area contributed by atoms with Gasteiger partial charge < -0.3 is 10.2 Å². The van der Waals surface area contributed by atoms with Gasteiger partial charge in [0.15, 0.2) is 0 Å². The van der Waals surface area contributed by atoms with Crippen LogP contribution in [0.25, 0.3) is 0 Å². The van der Waals surface area contributed by atoms with E-state index in [0.29, 0.717) is 5.56 Å². The largest absolute Gasteiger partial charge is 0.472 e. The van der Waals surface area contributed by atoms with Gasteiger partial charge in [0.05, 0.1) is 22.7 Å². The van der Waals surface area contributed by atoms with Crippen molar-refractivity contribution in [2.24, 2.45) is 0 Å². The fraction of sp³-hybridized carbons (Fsp3) is 0.0909. The van der Waals surface area contributed by atoms with Gasteiger partial charge in [0, 0.05) is 12.1 Å². The van der Waals surface area contributed by atoms with E-state index in [1.165, 1.54) is 12.5 Å². The molecule has 0 atom stereocenters. The molecule has 3 N–H and O–H groups in total. The lowest BCUT2D eigenvalue weighted by atomic mass is 10.3. The normalized spacial score (nSPS) is 11.7. The number of nitrogen functional groups attached to an aromatic ring is 1. The Morgan fingerprint density at radius 3 is 2.79 bits per heavy atom. The summed E-state index contributed by atoms with van der Waals surface area (Å²) in [4.78, 5) is -0.177. The van der Waals surface area contributed by atoms with E-state index in [2.05, 4.69) is 20.7 Å². The maximum Gasteiger partial charge on any atom is 0.242 e. The molecule has 0 bridgehead atoms. The van der Waals surface area contributed by atoms with Crippen molar-refractivity contribution in [3.8, 4) is 0 Å². The Hall–Kier alpha value is -1.38. The molecular formula is C11H10BrFN2O3S. The molecule has 0 saturated heterocycles. The van der Waals surface area contributed by atoms with Crippen molar-refractivity contribution < 1.29 is 17.2 Å². The monoisotopic (exact) mass is 348 g/mol. The first-order valence-electron chi connectivity index (χ1n) is 5.15. The minimum atomic E-state index is -3.82. The summed E-state index contributed by atoms with van der Waals surface area (Å²) in [6.07, 6.45) is 2.86. The van der Waals surface area contributed by atoms with Gasteiger partial charge in [-0.1, -0.05) is 0 Å². The number of nitrogens with two attached hydrogens (primary N) is 1. The number of benzene rings is 1. The van der Waals surface area contributed by atoms with E-state index in [9.17, 15) is 12.8 Å². The summed E-state index contributed by atoms with van der Waals surface area (Å²) in [6, 6.07) is 3.71. The van der Waals surface area contributed by atoms with Crippen LogP contribution in [0.5, 0.6) is 0 Å². The van der Waals surface area contributed by atoms with E-state index in [-0.39, 0.29) is 21.6 Å². The standard InChI is InChI=1S/C11H10BrFN2O3S/c12-8-3-11(10(14)4-9(8)13)19(16,17)15-5-7-1-2-18-6-7/h1-4,6,15H,5,14H2. The van der Waals surface area contributed by atoms with Crippen LogP contribution in [-0.2, 0) is 16.6 Å². The summed E-state index contributed by atoms with van der Waals surface area (Å²) in [6.45, 7) is 0.0628. The molecule has 0 fully saturated rings. The number of furan rings is 1. The quantitative estimate of drug-likeness (QED) is 0.829. The molecule has 1 aromatic carbocycles. The summed E-state index contributed by atoms with van der Waals surface area (Å²) in [5.41, 5.74) is 6.04. The average molecular weight is 349 g/mol. The first kappa shape index (κ1) is 14.0.